The molecule has 0 saturated carbocycles. The molecule has 104 valence electrons. The molecule has 0 bridgehead atoms. The number of hydrogen-bond donors (Lipinski definition) is 0. The lowest BCUT2D eigenvalue weighted by molar-refractivity contribution is -0.121. The minimum atomic E-state index is -0.183. The Morgan fingerprint density at radius 2 is 2.29 bits per heavy atom. The molecule has 1 amide bonds. The molecule has 0 unspecified atom stereocenters. The number of hydrogen-bond acceptors (Lipinski definition) is 4. The van der Waals surface area contributed by atoms with Crippen molar-refractivity contribution in [3.63, 3.8) is 0 Å². The van der Waals surface area contributed by atoms with Crippen molar-refractivity contribution in [3.05, 3.63) is 52.8 Å². The monoisotopic (exact) mass is 299 g/mol. The standard InChI is InChI=1S/C15H10ClN3O2/c16-11-3-4-14-13(6-11)19(15(20)9-21-14)8-10-2-1-5-18-12(10)7-17/h1-6H,8-9H2. The summed E-state index contributed by atoms with van der Waals surface area (Å²) < 4.78 is 5.38. The Bertz CT molecular complexity index is 755. The van der Waals surface area contributed by atoms with Gasteiger partial charge < -0.3 is 9.64 Å². The van der Waals surface area contributed by atoms with Gasteiger partial charge in [0, 0.05) is 16.8 Å². The summed E-state index contributed by atoms with van der Waals surface area (Å²) in [5.41, 5.74) is 1.59. The van der Waals surface area contributed by atoms with Crippen LogP contribution in [-0.4, -0.2) is 17.5 Å². The lowest BCUT2D eigenvalue weighted by Gasteiger charge is -2.29. The first kappa shape index (κ1) is 13.4. The number of fused-ring (bicyclic) bond motifs is 1. The maximum Gasteiger partial charge on any atom is 0.265 e. The topological polar surface area (TPSA) is 66.2 Å². The quantitative estimate of drug-likeness (QED) is 0.854. The number of anilines is 1. The minimum absolute atomic E-state index is 0.0310. The summed E-state index contributed by atoms with van der Waals surface area (Å²) in [5, 5.41) is 9.61. The number of ether oxygens (including phenoxy) is 1. The maximum atomic E-state index is 12.1. The Morgan fingerprint density at radius 3 is 3.10 bits per heavy atom. The van der Waals surface area contributed by atoms with E-state index in [9.17, 15) is 4.79 Å². The van der Waals surface area contributed by atoms with Crippen molar-refractivity contribution in [3.8, 4) is 11.8 Å². The van der Waals surface area contributed by atoms with Gasteiger partial charge in [-0.05, 0) is 24.3 Å². The zero-order valence-electron chi connectivity index (χ0n) is 10.9. The van der Waals surface area contributed by atoms with Gasteiger partial charge in [0.15, 0.2) is 6.61 Å². The first-order chi connectivity index (χ1) is 10.2. The van der Waals surface area contributed by atoms with Gasteiger partial charge in [0.1, 0.15) is 17.5 Å². The highest BCUT2D eigenvalue weighted by atomic mass is 35.5. The molecular weight excluding hydrogens is 290 g/mol. The smallest absolute Gasteiger partial charge is 0.265 e. The molecule has 0 spiro atoms. The molecule has 0 saturated heterocycles. The number of halogens is 1. The molecule has 1 aliphatic heterocycles. The lowest BCUT2D eigenvalue weighted by Crippen LogP contribution is -2.38. The van der Waals surface area contributed by atoms with E-state index in [1.807, 2.05) is 6.07 Å². The molecule has 0 radical (unpaired) electrons. The highest BCUT2D eigenvalue weighted by Gasteiger charge is 2.26. The van der Waals surface area contributed by atoms with Crippen molar-refractivity contribution in [2.75, 3.05) is 11.5 Å². The summed E-state index contributed by atoms with van der Waals surface area (Å²) >= 11 is 5.99. The second-order valence-electron chi connectivity index (χ2n) is 4.50. The molecule has 3 rings (SSSR count). The largest absolute Gasteiger partial charge is 0.482 e. The van der Waals surface area contributed by atoms with E-state index in [0.29, 0.717) is 27.7 Å². The lowest BCUT2D eigenvalue weighted by atomic mass is 10.1. The van der Waals surface area contributed by atoms with Crippen molar-refractivity contribution in [2.45, 2.75) is 6.54 Å². The second-order valence-corrected chi connectivity index (χ2v) is 4.94. The molecule has 1 aliphatic rings. The highest BCUT2D eigenvalue weighted by Crippen LogP contribution is 2.35. The number of carbonyl (C=O) groups is 1. The number of aromatic nitrogens is 1. The summed E-state index contributed by atoms with van der Waals surface area (Å²) in [7, 11) is 0. The fourth-order valence-corrected chi connectivity index (χ4v) is 2.35. The molecule has 5 nitrogen and oxygen atoms in total. The van der Waals surface area contributed by atoms with Crippen LogP contribution in [0.5, 0.6) is 5.75 Å². The van der Waals surface area contributed by atoms with Crippen molar-refractivity contribution >= 4 is 23.2 Å². The number of rotatable bonds is 2. The summed E-state index contributed by atoms with van der Waals surface area (Å²) in [4.78, 5) is 17.7. The van der Waals surface area contributed by atoms with Gasteiger partial charge in [0.25, 0.3) is 5.91 Å². The van der Waals surface area contributed by atoms with E-state index in [4.69, 9.17) is 21.6 Å². The summed E-state index contributed by atoms with van der Waals surface area (Å²) in [6, 6.07) is 10.7. The third-order valence-corrected chi connectivity index (χ3v) is 3.42. The number of pyridine rings is 1. The van der Waals surface area contributed by atoms with Gasteiger partial charge in [-0.15, -0.1) is 0 Å². The number of nitriles is 1. The Labute approximate surface area is 126 Å². The van der Waals surface area contributed by atoms with E-state index >= 15 is 0 Å². The zero-order chi connectivity index (χ0) is 14.8. The fraction of sp³-hybridized carbons (Fsp3) is 0.133. The van der Waals surface area contributed by atoms with Crippen LogP contribution >= 0.6 is 11.6 Å². The van der Waals surface area contributed by atoms with Gasteiger partial charge in [-0.2, -0.15) is 5.26 Å². The van der Waals surface area contributed by atoms with E-state index in [-0.39, 0.29) is 19.1 Å². The molecule has 0 N–H and O–H groups in total. The van der Waals surface area contributed by atoms with Crippen LogP contribution < -0.4 is 9.64 Å². The van der Waals surface area contributed by atoms with Crippen LogP contribution in [-0.2, 0) is 11.3 Å². The predicted octanol–water partition coefficient (Wildman–Crippen LogP) is 2.53. The molecule has 0 fully saturated rings. The Hall–Kier alpha value is -2.58. The van der Waals surface area contributed by atoms with Gasteiger partial charge >= 0.3 is 0 Å². The van der Waals surface area contributed by atoms with E-state index in [0.717, 1.165) is 0 Å². The third-order valence-electron chi connectivity index (χ3n) is 3.19. The molecule has 0 atom stereocenters. The molecule has 21 heavy (non-hydrogen) atoms. The van der Waals surface area contributed by atoms with Crippen molar-refractivity contribution in [1.82, 2.24) is 4.98 Å². The summed E-state index contributed by atoms with van der Waals surface area (Å²) in [6.07, 6.45) is 1.55. The van der Waals surface area contributed by atoms with Crippen LogP contribution in [0.1, 0.15) is 11.3 Å². The Balaban J connectivity index is 2.01. The second kappa shape index (κ2) is 5.43. The predicted molar refractivity (Wildman–Crippen MR) is 77.1 cm³/mol. The van der Waals surface area contributed by atoms with Gasteiger partial charge in [-0.1, -0.05) is 17.7 Å². The number of amides is 1. The fourth-order valence-electron chi connectivity index (χ4n) is 2.19. The number of carbonyl (C=O) groups excluding carboxylic acids is 1. The van der Waals surface area contributed by atoms with Crippen LogP contribution in [0.25, 0.3) is 0 Å². The molecule has 2 aromatic rings. The SMILES string of the molecule is N#Cc1ncccc1CN1C(=O)COc2ccc(Cl)cc21. The van der Waals surface area contributed by atoms with Crippen LogP contribution in [0.4, 0.5) is 5.69 Å². The maximum absolute atomic E-state index is 12.1. The Morgan fingerprint density at radius 1 is 1.43 bits per heavy atom. The van der Waals surface area contributed by atoms with Gasteiger partial charge in [-0.25, -0.2) is 4.98 Å². The van der Waals surface area contributed by atoms with Crippen molar-refractivity contribution in [2.24, 2.45) is 0 Å². The van der Waals surface area contributed by atoms with Gasteiger partial charge in [-0.3, -0.25) is 4.79 Å². The van der Waals surface area contributed by atoms with E-state index in [1.54, 1.807) is 41.4 Å². The molecule has 0 aliphatic carbocycles. The zero-order valence-corrected chi connectivity index (χ0v) is 11.7. The number of benzene rings is 1. The summed E-state index contributed by atoms with van der Waals surface area (Å²) in [6.45, 7) is 0.225. The summed E-state index contributed by atoms with van der Waals surface area (Å²) in [5.74, 6) is 0.416. The normalized spacial score (nSPS) is 13.3. The van der Waals surface area contributed by atoms with Gasteiger partial charge in [0.2, 0.25) is 0 Å². The van der Waals surface area contributed by atoms with Crippen LogP contribution in [0.2, 0.25) is 5.02 Å². The first-order valence-corrected chi connectivity index (χ1v) is 6.63. The van der Waals surface area contributed by atoms with Crippen molar-refractivity contribution < 1.29 is 9.53 Å². The van der Waals surface area contributed by atoms with Crippen LogP contribution in [0, 0.1) is 11.3 Å². The van der Waals surface area contributed by atoms with E-state index in [2.05, 4.69) is 4.98 Å². The minimum Gasteiger partial charge on any atom is -0.482 e. The Kier molecular flexibility index (Phi) is 3.46. The molecule has 6 heteroatoms. The van der Waals surface area contributed by atoms with Crippen molar-refractivity contribution in [1.29, 1.82) is 5.26 Å². The molecule has 1 aromatic carbocycles. The van der Waals surface area contributed by atoms with E-state index < -0.39 is 0 Å². The molecule has 2 heterocycles. The average Bonchev–Trinajstić information content (AvgIpc) is 2.50. The first-order valence-electron chi connectivity index (χ1n) is 6.26. The molecule has 1 aromatic heterocycles. The molecular formula is C15H10ClN3O2. The van der Waals surface area contributed by atoms with Crippen LogP contribution in [0.15, 0.2) is 36.5 Å². The third kappa shape index (κ3) is 2.54. The van der Waals surface area contributed by atoms with E-state index in [1.165, 1.54) is 0 Å². The van der Waals surface area contributed by atoms with Crippen LogP contribution in [0.3, 0.4) is 0 Å². The highest BCUT2D eigenvalue weighted by molar-refractivity contribution is 6.31. The van der Waals surface area contributed by atoms with Gasteiger partial charge in [0.05, 0.1) is 12.2 Å². The number of nitrogens with zero attached hydrogens (tertiary/aromatic N) is 3. The average molecular weight is 300 g/mol.